The number of carbonyl (C=O) groups excluding carboxylic acids is 2. The normalized spacial score (nSPS) is 13.7. The molecular formula is C23H29N3O4. The lowest BCUT2D eigenvalue weighted by Gasteiger charge is -2.35. The number of anilines is 2. The number of amides is 2. The maximum atomic E-state index is 12.7. The average molecular weight is 412 g/mol. The van der Waals surface area contributed by atoms with Crippen molar-refractivity contribution in [2.75, 3.05) is 49.6 Å². The Bertz CT molecular complexity index is 850. The zero-order valence-electron chi connectivity index (χ0n) is 17.8. The first-order chi connectivity index (χ1) is 14.5. The predicted octanol–water partition coefficient (Wildman–Crippen LogP) is 3.40. The third-order valence-electron chi connectivity index (χ3n) is 4.98. The van der Waals surface area contributed by atoms with Crippen molar-refractivity contribution < 1.29 is 19.1 Å². The van der Waals surface area contributed by atoms with Crippen LogP contribution in [0.25, 0.3) is 0 Å². The van der Waals surface area contributed by atoms with Gasteiger partial charge in [0.2, 0.25) is 5.91 Å². The topological polar surface area (TPSA) is 71.1 Å². The highest BCUT2D eigenvalue weighted by Gasteiger charge is 2.19. The zero-order valence-corrected chi connectivity index (χ0v) is 17.8. The molecule has 0 saturated carbocycles. The van der Waals surface area contributed by atoms with Gasteiger partial charge < -0.3 is 24.6 Å². The molecule has 0 radical (unpaired) electrons. The lowest BCUT2D eigenvalue weighted by atomic mass is 10.1. The fourth-order valence-corrected chi connectivity index (χ4v) is 3.44. The highest BCUT2D eigenvalue weighted by Crippen LogP contribution is 2.25. The summed E-state index contributed by atoms with van der Waals surface area (Å²) in [4.78, 5) is 28.3. The van der Waals surface area contributed by atoms with E-state index in [4.69, 9.17) is 9.47 Å². The van der Waals surface area contributed by atoms with Gasteiger partial charge in [-0.15, -0.1) is 0 Å². The highest BCUT2D eigenvalue weighted by atomic mass is 16.5. The lowest BCUT2D eigenvalue weighted by Crippen LogP contribution is -2.48. The quantitative estimate of drug-likeness (QED) is 0.756. The van der Waals surface area contributed by atoms with E-state index < -0.39 is 0 Å². The van der Waals surface area contributed by atoms with Crippen molar-refractivity contribution in [3.05, 3.63) is 48.0 Å². The second kappa shape index (κ2) is 10.0. The van der Waals surface area contributed by atoms with E-state index in [0.29, 0.717) is 36.0 Å². The third kappa shape index (κ3) is 5.43. The molecule has 0 unspecified atom stereocenters. The van der Waals surface area contributed by atoms with Crippen LogP contribution in [-0.2, 0) is 4.79 Å². The molecule has 2 aromatic rings. The van der Waals surface area contributed by atoms with Gasteiger partial charge in [0.1, 0.15) is 11.5 Å². The molecule has 1 fully saturated rings. The summed E-state index contributed by atoms with van der Waals surface area (Å²) in [7, 11) is 0. The van der Waals surface area contributed by atoms with Gasteiger partial charge in [-0.25, -0.2) is 0 Å². The van der Waals surface area contributed by atoms with Crippen molar-refractivity contribution in [3.63, 3.8) is 0 Å². The van der Waals surface area contributed by atoms with Crippen molar-refractivity contribution in [2.45, 2.75) is 20.8 Å². The molecule has 30 heavy (non-hydrogen) atoms. The Morgan fingerprint density at radius 1 is 0.900 bits per heavy atom. The minimum atomic E-state index is -0.222. The van der Waals surface area contributed by atoms with Gasteiger partial charge in [-0.05, 0) is 50.2 Å². The van der Waals surface area contributed by atoms with Crippen LogP contribution < -0.4 is 19.7 Å². The number of hydrogen-bond acceptors (Lipinski definition) is 5. The number of nitrogens with one attached hydrogen (secondary N) is 1. The van der Waals surface area contributed by atoms with Gasteiger partial charge in [0, 0.05) is 56.1 Å². The van der Waals surface area contributed by atoms with E-state index in [2.05, 4.69) is 10.2 Å². The van der Waals surface area contributed by atoms with Crippen LogP contribution in [0.3, 0.4) is 0 Å². The molecule has 1 heterocycles. The van der Waals surface area contributed by atoms with E-state index in [1.54, 1.807) is 25.1 Å². The van der Waals surface area contributed by atoms with E-state index in [0.717, 1.165) is 31.9 Å². The average Bonchev–Trinajstić information content (AvgIpc) is 2.75. The predicted molar refractivity (Wildman–Crippen MR) is 118 cm³/mol. The van der Waals surface area contributed by atoms with E-state index in [-0.39, 0.29) is 11.8 Å². The van der Waals surface area contributed by atoms with Gasteiger partial charge >= 0.3 is 0 Å². The van der Waals surface area contributed by atoms with Gasteiger partial charge in [-0.3, -0.25) is 9.59 Å². The Kier molecular flexibility index (Phi) is 7.17. The zero-order chi connectivity index (χ0) is 21.5. The third-order valence-corrected chi connectivity index (χ3v) is 4.98. The standard InChI is InChI=1S/C23H29N3O4/c1-4-29-21-14-18(15-22(16-21)30-5-2)23(28)24-19-6-8-20(9-7-19)26-12-10-25(11-13-26)17(3)27/h6-9,14-16H,4-5,10-13H2,1-3H3,(H,24,28). The van der Waals surface area contributed by atoms with Crippen LogP contribution in [0.5, 0.6) is 11.5 Å². The molecule has 2 aromatic carbocycles. The van der Waals surface area contributed by atoms with Crippen molar-refractivity contribution in [3.8, 4) is 11.5 Å². The number of ether oxygens (including phenoxy) is 2. The minimum Gasteiger partial charge on any atom is -0.494 e. The molecule has 1 saturated heterocycles. The molecule has 7 nitrogen and oxygen atoms in total. The summed E-state index contributed by atoms with van der Waals surface area (Å²) in [5, 5.41) is 2.93. The Hall–Kier alpha value is -3.22. The van der Waals surface area contributed by atoms with E-state index >= 15 is 0 Å². The summed E-state index contributed by atoms with van der Waals surface area (Å²) in [6.07, 6.45) is 0. The van der Waals surface area contributed by atoms with Crippen molar-refractivity contribution in [2.24, 2.45) is 0 Å². The number of piperazine rings is 1. The van der Waals surface area contributed by atoms with Gasteiger partial charge in [0.05, 0.1) is 13.2 Å². The molecule has 7 heteroatoms. The molecule has 0 bridgehead atoms. The number of carbonyl (C=O) groups is 2. The summed E-state index contributed by atoms with van der Waals surface area (Å²) in [6.45, 7) is 9.49. The van der Waals surface area contributed by atoms with Crippen LogP contribution in [0.2, 0.25) is 0 Å². The summed E-state index contributed by atoms with van der Waals surface area (Å²) in [5.74, 6) is 1.11. The minimum absolute atomic E-state index is 0.119. The van der Waals surface area contributed by atoms with E-state index in [1.165, 1.54) is 0 Å². The number of rotatable bonds is 7. The maximum absolute atomic E-state index is 12.7. The molecule has 3 rings (SSSR count). The molecule has 2 amide bonds. The molecular weight excluding hydrogens is 382 g/mol. The van der Waals surface area contributed by atoms with E-state index in [9.17, 15) is 9.59 Å². The number of nitrogens with zero attached hydrogens (tertiary/aromatic N) is 2. The summed E-state index contributed by atoms with van der Waals surface area (Å²) < 4.78 is 11.1. The summed E-state index contributed by atoms with van der Waals surface area (Å²) in [5.41, 5.74) is 2.27. The first-order valence-electron chi connectivity index (χ1n) is 10.3. The smallest absolute Gasteiger partial charge is 0.255 e. The summed E-state index contributed by atoms with van der Waals surface area (Å²) in [6, 6.07) is 13.0. The fraction of sp³-hybridized carbons (Fsp3) is 0.391. The van der Waals surface area contributed by atoms with Crippen LogP contribution >= 0.6 is 0 Å². The molecule has 1 N–H and O–H groups in total. The van der Waals surface area contributed by atoms with Crippen LogP contribution in [0.4, 0.5) is 11.4 Å². The van der Waals surface area contributed by atoms with Gasteiger partial charge in [0.15, 0.2) is 0 Å². The number of hydrogen-bond donors (Lipinski definition) is 1. The van der Waals surface area contributed by atoms with Crippen LogP contribution in [0.1, 0.15) is 31.1 Å². The van der Waals surface area contributed by atoms with Crippen molar-refractivity contribution in [1.82, 2.24) is 4.90 Å². The van der Waals surface area contributed by atoms with E-state index in [1.807, 2.05) is 43.0 Å². The van der Waals surface area contributed by atoms with Crippen molar-refractivity contribution >= 4 is 23.2 Å². The van der Waals surface area contributed by atoms with Crippen LogP contribution in [0, 0.1) is 0 Å². The molecule has 0 aromatic heterocycles. The van der Waals surface area contributed by atoms with Crippen LogP contribution in [0.15, 0.2) is 42.5 Å². The molecule has 0 aliphatic carbocycles. The Labute approximate surface area is 177 Å². The maximum Gasteiger partial charge on any atom is 0.255 e. The SMILES string of the molecule is CCOc1cc(OCC)cc(C(=O)Nc2ccc(N3CCN(C(C)=O)CC3)cc2)c1. The van der Waals surface area contributed by atoms with Gasteiger partial charge in [-0.1, -0.05) is 0 Å². The molecule has 1 aliphatic rings. The largest absolute Gasteiger partial charge is 0.494 e. The Balaban J connectivity index is 1.65. The highest BCUT2D eigenvalue weighted by molar-refractivity contribution is 6.04. The van der Waals surface area contributed by atoms with Gasteiger partial charge in [0.25, 0.3) is 5.91 Å². The fourth-order valence-electron chi connectivity index (χ4n) is 3.44. The van der Waals surface area contributed by atoms with Gasteiger partial charge in [-0.2, -0.15) is 0 Å². The molecule has 0 atom stereocenters. The molecule has 0 spiro atoms. The Morgan fingerprint density at radius 2 is 1.47 bits per heavy atom. The summed E-state index contributed by atoms with van der Waals surface area (Å²) >= 11 is 0. The Morgan fingerprint density at radius 3 is 1.97 bits per heavy atom. The first-order valence-corrected chi connectivity index (χ1v) is 10.3. The number of benzene rings is 2. The molecule has 1 aliphatic heterocycles. The first kappa shape index (κ1) is 21.5. The van der Waals surface area contributed by atoms with Crippen LogP contribution in [-0.4, -0.2) is 56.1 Å². The monoisotopic (exact) mass is 411 g/mol. The van der Waals surface area contributed by atoms with Crippen molar-refractivity contribution in [1.29, 1.82) is 0 Å². The lowest BCUT2D eigenvalue weighted by molar-refractivity contribution is -0.129. The molecule has 160 valence electrons. The second-order valence-electron chi connectivity index (χ2n) is 7.05. The second-order valence-corrected chi connectivity index (χ2v) is 7.05.